The smallest absolute Gasteiger partial charge is 0.234 e. The molecule has 110 valence electrons. The van der Waals surface area contributed by atoms with E-state index in [0.29, 0.717) is 32.6 Å². The Kier molecular flexibility index (Phi) is 6.80. The molecule has 0 aliphatic carbocycles. The van der Waals surface area contributed by atoms with Crippen LogP contribution in [0.5, 0.6) is 0 Å². The van der Waals surface area contributed by atoms with Gasteiger partial charge < -0.3 is 16.0 Å². The van der Waals surface area contributed by atoms with E-state index < -0.39 is 0 Å². The Bertz CT molecular complexity index is 299. The highest BCUT2D eigenvalue weighted by Gasteiger charge is 2.21. The molecule has 1 fully saturated rings. The average molecular weight is 270 g/mol. The van der Waals surface area contributed by atoms with Crippen LogP contribution in [0.1, 0.15) is 26.7 Å². The Labute approximate surface area is 115 Å². The number of amides is 2. The van der Waals surface area contributed by atoms with E-state index in [-0.39, 0.29) is 17.9 Å². The first-order valence-corrected chi connectivity index (χ1v) is 7.02. The normalized spacial score (nSPS) is 16.7. The third kappa shape index (κ3) is 6.02. The summed E-state index contributed by atoms with van der Waals surface area (Å²) < 4.78 is 0. The Balaban J connectivity index is 2.25. The van der Waals surface area contributed by atoms with E-state index in [9.17, 15) is 9.59 Å². The van der Waals surface area contributed by atoms with Crippen molar-refractivity contribution < 1.29 is 9.59 Å². The SMILES string of the molecule is CC(C)NC(=O)CN1CCN(C(=O)CCCN)CC1. The molecule has 1 heterocycles. The van der Waals surface area contributed by atoms with Crippen molar-refractivity contribution in [1.29, 1.82) is 0 Å². The summed E-state index contributed by atoms with van der Waals surface area (Å²) in [5, 5.41) is 2.88. The molecule has 0 aromatic carbocycles. The molecule has 0 saturated carbocycles. The van der Waals surface area contributed by atoms with Crippen LogP contribution in [0, 0.1) is 0 Å². The summed E-state index contributed by atoms with van der Waals surface area (Å²) in [6.45, 7) is 7.82. The van der Waals surface area contributed by atoms with Crippen LogP contribution in [0.15, 0.2) is 0 Å². The quantitative estimate of drug-likeness (QED) is 0.675. The second-order valence-corrected chi connectivity index (χ2v) is 5.27. The monoisotopic (exact) mass is 270 g/mol. The van der Waals surface area contributed by atoms with Crippen LogP contribution in [-0.4, -0.2) is 66.9 Å². The zero-order valence-electron chi connectivity index (χ0n) is 12.0. The van der Waals surface area contributed by atoms with Crippen molar-refractivity contribution in [2.24, 2.45) is 5.73 Å². The lowest BCUT2D eigenvalue weighted by atomic mass is 10.2. The van der Waals surface area contributed by atoms with Gasteiger partial charge in [-0.25, -0.2) is 0 Å². The van der Waals surface area contributed by atoms with Crippen LogP contribution in [0.4, 0.5) is 0 Å². The fourth-order valence-corrected chi connectivity index (χ4v) is 2.14. The highest BCUT2D eigenvalue weighted by molar-refractivity contribution is 5.78. The molecule has 1 saturated heterocycles. The Hall–Kier alpha value is -1.14. The van der Waals surface area contributed by atoms with E-state index in [4.69, 9.17) is 5.73 Å². The van der Waals surface area contributed by atoms with E-state index in [2.05, 4.69) is 10.2 Å². The van der Waals surface area contributed by atoms with Crippen LogP contribution in [0.3, 0.4) is 0 Å². The van der Waals surface area contributed by atoms with Crippen molar-refractivity contribution in [2.75, 3.05) is 39.3 Å². The number of nitrogens with one attached hydrogen (secondary N) is 1. The number of carbonyl (C=O) groups is 2. The molecule has 0 atom stereocenters. The van der Waals surface area contributed by atoms with Crippen molar-refractivity contribution >= 4 is 11.8 Å². The molecular formula is C13H26N4O2. The molecule has 0 unspecified atom stereocenters. The summed E-state index contributed by atoms with van der Waals surface area (Å²) in [4.78, 5) is 27.4. The van der Waals surface area contributed by atoms with E-state index in [1.807, 2.05) is 18.7 Å². The Morgan fingerprint density at radius 1 is 1.21 bits per heavy atom. The Morgan fingerprint density at radius 2 is 1.84 bits per heavy atom. The van der Waals surface area contributed by atoms with E-state index in [1.54, 1.807) is 0 Å². The molecule has 0 spiro atoms. The minimum atomic E-state index is 0.0536. The highest BCUT2D eigenvalue weighted by atomic mass is 16.2. The summed E-state index contributed by atoms with van der Waals surface area (Å²) in [6, 6.07) is 0.173. The van der Waals surface area contributed by atoms with Gasteiger partial charge in [0.2, 0.25) is 11.8 Å². The summed E-state index contributed by atoms with van der Waals surface area (Å²) in [5.74, 6) is 0.231. The van der Waals surface area contributed by atoms with E-state index >= 15 is 0 Å². The van der Waals surface area contributed by atoms with Gasteiger partial charge in [0.1, 0.15) is 0 Å². The molecule has 1 rings (SSSR count). The van der Waals surface area contributed by atoms with Gasteiger partial charge >= 0.3 is 0 Å². The number of nitrogens with two attached hydrogens (primary N) is 1. The fourth-order valence-electron chi connectivity index (χ4n) is 2.14. The second-order valence-electron chi connectivity index (χ2n) is 5.27. The van der Waals surface area contributed by atoms with Gasteiger partial charge in [-0.1, -0.05) is 0 Å². The van der Waals surface area contributed by atoms with Crippen LogP contribution in [0.2, 0.25) is 0 Å². The predicted octanol–water partition coefficient (Wildman–Crippen LogP) is -0.606. The topological polar surface area (TPSA) is 78.7 Å². The molecule has 0 aromatic rings. The number of piperazine rings is 1. The van der Waals surface area contributed by atoms with Crippen LogP contribution in [-0.2, 0) is 9.59 Å². The lowest BCUT2D eigenvalue weighted by molar-refractivity contribution is -0.133. The van der Waals surface area contributed by atoms with Gasteiger partial charge in [0.15, 0.2) is 0 Å². The third-order valence-electron chi connectivity index (χ3n) is 3.14. The molecule has 6 heteroatoms. The van der Waals surface area contributed by atoms with Gasteiger partial charge in [0.05, 0.1) is 6.54 Å². The summed E-state index contributed by atoms with van der Waals surface area (Å²) in [7, 11) is 0. The Morgan fingerprint density at radius 3 is 2.37 bits per heavy atom. The largest absolute Gasteiger partial charge is 0.353 e. The van der Waals surface area contributed by atoms with Crippen molar-refractivity contribution in [2.45, 2.75) is 32.7 Å². The molecule has 2 amide bonds. The third-order valence-corrected chi connectivity index (χ3v) is 3.14. The lowest BCUT2D eigenvalue weighted by Gasteiger charge is -2.34. The van der Waals surface area contributed by atoms with E-state index in [0.717, 1.165) is 19.5 Å². The maximum Gasteiger partial charge on any atom is 0.234 e. The first-order chi connectivity index (χ1) is 9.02. The fraction of sp³-hybridized carbons (Fsp3) is 0.846. The first-order valence-electron chi connectivity index (χ1n) is 7.02. The van der Waals surface area contributed by atoms with Gasteiger partial charge in [0, 0.05) is 38.6 Å². The zero-order valence-corrected chi connectivity index (χ0v) is 12.0. The summed E-state index contributed by atoms with van der Waals surface area (Å²) >= 11 is 0. The van der Waals surface area contributed by atoms with Gasteiger partial charge in [-0.15, -0.1) is 0 Å². The van der Waals surface area contributed by atoms with Gasteiger partial charge in [-0.05, 0) is 26.8 Å². The molecule has 3 N–H and O–H groups in total. The van der Waals surface area contributed by atoms with Gasteiger partial charge in [-0.3, -0.25) is 14.5 Å². The number of hydrogen-bond acceptors (Lipinski definition) is 4. The van der Waals surface area contributed by atoms with Crippen LogP contribution >= 0.6 is 0 Å². The summed E-state index contributed by atoms with van der Waals surface area (Å²) in [6.07, 6.45) is 1.28. The summed E-state index contributed by atoms with van der Waals surface area (Å²) in [5.41, 5.74) is 5.40. The number of carbonyl (C=O) groups excluding carboxylic acids is 2. The number of rotatable bonds is 6. The number of nitrogens with zero attached hydrogens (tertiary/aromatic N) is 2. The highest BCUT2D eigenvalue weighted by Crippen LogP contribution is 2.04. The molecule has 1 aliphatic heterocycles. The van der Waals surface area contributed by atoms with Crippen molar-refractivity contribution in [3.8, 4) is 0 Å². The standard InChI is InChI=1S/C13H26N4O2/c1-11(2)15-12(18)10-16-6-8-17(9-7-16)13(19)4-3-5-14/h11H,3-10,14H2,1-2H3,(H,15,18). The van der Waals surface area contributed by atoms with Crippen molar-refractivity contribution in [1.82, 2.24) is 15.1 Å². The zero-order chi connectivity index (χ0) is 14.3. The average Bonchev–Trinajstić information content (AvgIpc) is 2.35. The minimum Gasteiger partial charge on any atom is -0.353 e. The first kappa shape index (κ1) is 15.9. The molecule has 1 aliphatic rings. The van der Waals surface area contributed by atoms with E-state index in [1.165, 1.54) is 0 Å². The maximum atomic E-state index is 11.8. The van der Waals surface area contributed by atoms with Gasteiger partial charge in [0.25, 0.3) is 0 Å². The second kappa shape index (κ2) is 8.12. The molecule has 6 nitrogen and oxygen atoms in total. The molecule has 0 aromatic heterocycles. The van der Waals surface area contributed by atoms with Gasteiger partial charge in [-0.2, -0.15) is 0 Å². The molecular weight excluding hydrogens is 244 g/mol. The minimum absolute atomic E-state index is 0.0536. The predicted molar refractivity (Wildman–Crippen MR) is 74.6 cm³/mol. The van der Waals surface area contributed by atoms with Crippen LogP contribution in [0.25, 0.3) is 0 Å². The lowest BCUT2D eigenvalue weighted by Crippen LogP contribution is -2.51. The molecule has 0 radical (unpaired) electrons. The van der Waals surface area contributed by atoms with Crippen molar-refractivity contribution in [3.05, 3.63) is 0 Å². The van der Waals surface area contributed by atoms with Crippen LogP contribution < -0.4 is 11.1 Å². The molecule has 0 bridgehead atoms. The van der Waals surface area contributed by atoms with Crippen molar-refractivity contribution in [3.63, 3.8) is 0 Å². The number of hydrogen-bond donors (Lipinski definition) is 2. The maximum absolute atomic E-state index is 11.8. The molecule has 19 heavy (non-hydrogen) atoms.